The molecule has 19 heavy (non-hydrogen) atoms. The number of nitrogens with one attached hydrogen (secondary N) is 2. The van der Waals surface area contributed by atoms with Crippen molar-refractivity contribution in [3.8, 4) is 0 Å². The third-order valence-corrected chi connectivity index (χ3v) is 3.84. The zero-order chi connectivity index (χ0) is 14.5. The highest BCUT2D eigenvalue weighted by molar-refractivity contribution is 5.85. The van der Waals surface area contributed by atoms with Crippen molar-refractivity contribution in [2.75, 3.05) is 13.2 Å². The van der Waals surface area contributed by atoms with Crippen molar-refractivity contribution in [1.29, 1.82) is 0 Å². The first-order valence-corrected chi connectivity index (χ1v) is 6.84. The standard InChI is InChI=1S/C13H24N2O4/c1-4-10-9(6-7-19-10)8-14-12(18)15-13(3,5-2)11(16)17/h9-10H,4-8H2,1-3H3,(H,16,17)(H2,14,15,18). The summed E-state index contributed by atoms with van der Waals surface area (Å²) in [6, 6.07) is -0.437. The van der Waals surface area contributed by atoms with Crippen LogP contribution in [0.1, 0.15) is 40.0 Å². The van der Waals surface area contributed by atoms with Crippen LogP contribution in [0.4, 0.5) is 4.79 Å². The number of amides is 2. The lowest BCUT2D eigenvalue weighted by Crippen LogP contribution is -2.55. The molecule has 0 aromatic heterocycles. The average Bonchev–Trinajstić information content (AvgIpc) is 2.83. The fourth-order valence-corrected chi connectivity index (χ4v) is 2.19. The zero-order valence-corrected chi connectivity index (χ0v) is 11.9. The summed E-state index contributed by atoms with van der Waals surface area (Å²) < 4.78 is 5.54. The van der Waals surface area contributed by atoms with Gasteiger partial charge in [0.05, 0.1) is 6.10 Å². The molecule has 1 aliphatic heterocycles. The van der Waals surface area contributed by atoms with Crippen molar-refractivity contribution < 1.29 is 19.4 Å². The fourth-order valence-electron chi connectivity index (χ4n) is 2.19. The van der Waals surface area contributed by atoms with E-state index in [0.717, 1.165) is 19.4 Å². The maximum absolute atomic E-state index is 11.7. The van der Waals surface area contributed by atoms with Gasteiger partial charge in [-0.05, 0) is 26.2 Å². The molecule has 0 aromatic rings. The molecule has 1 heterocycles. The smallest absolute Gasteiger partial charge is 0.329 e. The second-order valence-corrected chi connectivity index (χ2v) is 5.19. The SMILES string of the molecule is CCC1OCCC1CNC(=O)NC(C)(CC)C(=O)O. The topological polar surface area (TPSA) is 87.7 Å². The minimum Gasteiger partial charge on any atom is -0.480 e. The normalized spacial score (nSPS) is 25.6. The van der Waals surface area contributed by atoms with E-state index in [1.807, 2.05) is 0 Å². The van der Waals surface area contributed by atoms with Gasteiger partial charge in [0, 0.05) is 19.1 Å². The number of carbonyl (C=O) groups is 2. The minimum atomic E-state index is -1.22. The van der Waals surface area contributed by atoms with E-state index in [2.05, 4.69) is 17.6 Å². The van der Waals surface area contributed by atoms with Gasteiger partial charge in [0.1, 0.15) is 5.54 Å². The summed E-state index contributed by atoms with van der Waals surface area (Å²) >= 11 is 0. The van der Waals surface area contributed by atoms with Gasteiger partial charge in [0.15, 0.2) is 0 Å². The van der Waals surface area contributed by atoms with Crippen molar-refractivity contribution in [1.82, 2.24) is 10.6 Å². The van der Waals surface area contributed by atoms with Crippen molar-refractivity contribution >= 4 is 12.0 Å². The lowest BCUT2D eigenvalue weighted by atomic mass is 9.99. The number of urea groups is 1. The van der Waals surface area contributed by atoms with Gasteiger partial charge >= 0.3 is 12.0 Å². The molecule has 0 spiro atoms. The Balaban J connectivity index is 2.41. The lowest BCUT2D eigenvalue weighted by Gasteiger charge is -2.25. The molecule has 6 heteroatoms. The Morgan fingerprint density at radius 1 is 1.42 bits per heavy atom. The molecule has 0 aliphatic carbocycles. The van der Waals surface area contributed by atoms with Crippen LogP contribution in [-0.2, 0) is 9.53 Å². The lowest BCUT2D eigenvalue weighted by molar-refractivity contribution is -0.143. The highest BCUT2D eigenvalue weighted by Crippen LogP contribution is 2.22. The highest BCUT2D eigenvalue weighted by Gasteiger charge is 2.33. The molecule has 1 saturated heterocycles. The largest absolute Gasteiger partial charge is 0.480 e. The molecule has 1 rings (SSSR count). The Morgan fingerprint density at radius 3 is 2.63 bits per heavy atom. The predicted molar refractivity (Wildman–Crippen MR) is 71.0 cm³/mol. The van der Waals surface area contributed by atoms with Crippen LogP contribution >= 0.6 is 0 Å². The summed E-state index contributed by atoms with van der Waals surface area (Å²) in [6.45, 7) is 6.54. The summed E-state index contributed by atoms with van der Waals surface area (Å²) in [6.07, 6.45) is 2.38. The number of aliphatic carboxylic acids is 1. The quantitative estimate of drug-likeness (QED) is 0.681. The number of carbonyl (C=O) groups excluding carboxylic acids is 1. The maximum Gasteiger partial charge on any atom is 0.329 e. The highest BCUT2D eigenvalue weighted by atomic mass is 16.5. The molecule has 0 saturated carbocycles. The Bertz CT molecular complexity index is 335. The number of rotatable bonds is 6. The first kappa shape index (κ1) is 15.8. The van der Waals surface area contributed by atoms with Crippen molar-refractivity contribution in [3.63, 3.8) is 0 Å². The summed E-state index contributed by atoms with van der Waals surface area (Å²) in [5.41, 5.74) is -1.22. The molecule has 1 fully saturated rings. The summed E-state index contributed by atoms with van der Waals surface area (Å²) in [5, 5.41) is 14.3. The Morgan fingerprint density at radius 2 is 2.11 bits per heavy atom. The number of carboxylic acids is 1. The van der Waals surface area contributed by atoms with E-state index >= 15 is 0 Å². The van der Waals surface area contributed by atoms with Crippen LogP contribution in [0.5, 0.6) is 0 Å². The van der Waals surface area contributed by atoms with Crippen LogP contribution < -0.4 is 10.6 Å². The van der Waals surface area contributed by atoms with Crippen LogP contribution in [0, 0.1) is 5.92 Å². The maximum atomic E-state index is 11.7. The molecule has 0 bridgehead atoms. The second-order valence-electron chi connectivity index (χ2n) is 5.19. The minimum absolute atomic E-state index is 0.192. The van der Waals surface area contributed by atoms with Gasteiger partial charge in [0.25, 0.3) is 0 Å². The number of carboxylic acid groups (broad SMARTS) is 1. The van der Waals surface area contributed by atoms with Gasteiger partial charge in [-0.3, -0.25) is 0 Å². The molecule has 0 aromatic carbocycles. The third kappa shape index (κ3) is 4.09. The van der Waals surface area contributed by atoms with E-state index in [0.29, 0.717) is 18.9 Å². The molecule has 2 amide bonds. The molecule has 1 aliphatic rings. The van der Waals surface area contributed by atoms with Crippen molar-refractivity contribution in [2.24, 2.45) is 5.92 Å². The second kappa shape index (κ2) is 6.75. The van der Waals surface area contributed by atoms with Crippen LogP contribution in [0.15, 0.2) is 0 Å². The molecule has 3 N–H and O–H groups in total. The van der Waals surface area contributed by atoms with E-state index in [-0.39, 0.29) is 6.10 Å². The summed E-state index contributed by atoms with van der Waals surface area (Å²) in [5.74, 6) is -0.714. The molecule has 0 radical (unpaired) electrons. The molecular weight excluding hydrogens is 248 g/mol. The monoisotopic (exact) mass is 272 g/mol. The van der Waals surface area contributed by atoms with Gasteiger partial charge in [-0.25, -0.2) is 9.59 Å². The van der Waals surface area contributed by atoms with E-state index < -0.39 is 17.5 Å². The van der Waals surface area contributed by atoms with Gasteiger partial charge in [-0.15, -0.1) is 0 Å². The molecule has 110 valence electrons. The van der Waals surface area contributed by atoms with Crippen LogP contribution in [0.2, 0.25) is 0 Å². The Hall–Kier alpha value is -1.30. The summed E-state index contributed by atoms with van der Waals surface area (Å²) in [7, 11) is 0. The Kier molecular flexibility index (Phi) is 5.60. The number of hydrogen-bond acceptors (Lipinski definition) is 3. The average molecular weight is 272 g/mol. The molecule has 6 nitrogen and oxygen atoms in total. The van der Waals surface area contributed by atoms with E-state index in [1.165, 1.54) is 6.92 Å². The van der Waals surface area contributed by atoms with Gasteiger partial charge < -0.3 is 20.5 Å². The first-order chi connectivity index (χ1) is 8.92. The molecular formula is C13H24N2O4. The van der Waals surface area contributed by atoms with Crippen molar-refractivity contribution in [2.45, 2.75) is 51.7 Å². The third-order valence-electron chi connectivity index (χ3n) is 3.84. The molecule has 3 atom stereocenters. The zero-order valence-electron chi connectivity index (χ0n) is 11.9. The van der Waals surface area contributed by atoms with E-state index in [4.69, 9.17) is 9.84 Å². The van der Waals surface area contributed by atoms with E-state index in [1.54, 1.807) is 6.92 Å². The molecule has 3 unspecified atom stereocenters. The number of hydrogen-bond donors (Lipinski definition) is 3. The van der Waals surface area contributed by atoms with Gasteiger partial charge in [-0.1, -0.05) is 13.8 Å². The van der Waals surface area contributed by atoms with Crippen molar-refractivity contribution in [3.05, 3.63) is 0 Å². The first-order valence-electron chi connectivity index (χ1n) is 6.84. The van der Waals surface area contributed by atoms with Crippen LogP contribution in [0.25, 0.3) is 0 Å². The van der Waals surface area contributed by atoms with Crippen LogP contribution in [0.3, 0.4) is 0 Å². The van der Waals surface area contributed by atoms with Crippen LogP contribution in [-0.4, -0.2) is 41.9 Å². The fraction of sp³-hybridized carbons (Fsp3) is 0.846. The van der Waals surface area contributed by atoms with Gasteiger partial charge in [-0.2, -0.15) is 0 Å². The van der Waals surface area contributed by atoms with Gasteiger partial charge in [0.2, 0.25) is 0 Å². The predicted octanol–water partition coefficient (Wildman–Crippen LogP) is 1.35. The number of ether oxygens (including phenoxy) is 1. The summed E-state index contributed by atoms with van der Waals surface area (Å²) in [4.78, 5) is 22.8. The Labute approximate surface area is 113 Å². The van der Waals surface area contributed by atoms with E-state index in [9.17, 15) is 9.59 Å².